The van der Waals surface area contributed by atoms with E-state index in [-0.39, 0.29) is 0 Å². The minimum absolute atomic E-state index is 0.611. The molecule has 0 bridgehead atoms. The molecule has 21 heavy (non-hydrogen) atoms. The topological polar surface area (TPSA) is 58.4 Å². The predicted molar refractivity (Wildman–Crippen MR) is 82.8 cm³/mol. The summed E-state index contributed by atoms with van der Waals surface area (Å²) in [6, 6.07) is 13.4. The molecule has 0 radical (unpaired) electrons. The average molecular weight is 340 g/mol. The van der Waals surface area contributed by atoms with Crippen molar-refractivity contribution in [3.63, 3.8) is 0 Å². The molecule has 5 nitrogen and oxygen atoms in total. The molecular formula is C15H10BrN5. The van der Waals surface area contributed by atoms with Gasteiger partial charge in [-0.1, -0.05) is 12.1 Å². The van der Waals surface area contributed by atoms with Crippen molar-refractivity contribution in [1.29, 1.82) is 5.26 Å². The molecule has 0 fully saturated rings. The third-order valence-electron chi connectivity index (χ3n) is 2.92. The Balaban J connectivity index is 0.000000126. The molecule has 4 heterocycles. The predicted octanol–water partition coefficient (Wildman–Crippen LogP) is 3.30. The Bertz CT molecular complexity index is 932. The summed E-state index contributed by atoms with van der Waals surface area (Å²) >= 11 is 3.40. The van der Waals surface area contributed by atoms with Crippen LogP contribution in [0, 0.1) is 11.3 Å². The standard InChI is InChI=1S/C8H5N3.C7H5BrN2/c9-6-7-2-1-3-8-10-4-5-11(7)8;8-6-2-1-3-7-9-4-5-10(6)7/h1-5H;1-5H. The number of pyridine rings is 2. The van der Waals surface area contributed by atoms with Crippen molar-refractivity contribution in [2.24, 2.45) is 0 Å². The highest BCUT2D eigenvalue weighted by molar-refractivity contribution is 9.10. The number of halogens is 1. The number of imidazole rings is 2. The van der Waals surface area contributed by atoms with Gasteiger partial charge in [-0.15, -0.1) is 0 Å². The Hall–Kier alpha value is -2.65. The lowest BCUT2D eigenvalue weighted by atomic mass is 10.4. The molecule has 0 aromatic carbocycles. The van der Waals surface area contributed by atoms with E-state index in [9.17, 15) is 0 Å². The van der Waals surface area contributed by atoms with Crippen molar-refractivity contribution in [1.82, 2.24) is 18.8 Å². The van der Waals surface area contributed by atoms with Gasteiger partial charge in [-0.05, 0) is 40.2 Å². The molecule has 102 valence electrons. The second kappa shape index (κ2) is 5.77. The zero-order valence-electron chi connectivity index (χ0n) is 10.9. The molecule has 0 aliphatic carbocycles. The van der Waals surface area contributed by atoms with Crippen LogP contribution in [0.5, 0.6) is 0 Å². The van der Waals surface area contributed by atoms with Crippen molar-refractivity contribution in [2.75, 3.05) is 0 Å². The minimum Gasteiger partial charge on any atom is -0.294 e. The molecule has 4 aromatic heterocycles. The van der Waals surface area contributed by atoms with Crippen molar-refractivity contribution in [3.05, 3.63) is 71.5 Å². The molecule has 4 aromatic rings. The smallest absolute Gasteiger partial charge is 0.137 e. The van der Waals surface area contributed by atoms with Gasteiger partial charge in [-0.2, -0.15) is 5.26 Å². The van der Waals surface area contributed by atoms with Crippen molar-refractivity contribution in [2.45, 2.75) is 0 Å². The van der Waals surface area contributed by atoms with Crippen molar-refractivity contribution in [3.8, 4) is 6.07 Å². The average Bonchev–Trinajstić information content (AvgIpc) is 3.16. The van der Waals surface area contributed by atoms with Crippen LogP contribution in [0.4, 0.5) is 0 Å². The van der Waals surface area contributed by atoms with E-state index in [1.807, 2.05) is 40.9 Å². The lowest BCUT2D eigenvalue weighted by Crippen LogP contribution is -1.88. The van der Waals surface area contributed by atoms with Crippen LogP contribution in [0.1, 0.15) is 5.69 Å². The van der Waals surface area contributed by atoms with Gasteiger partial charge in [0.25, 0.3) is 0 Å². The van der Waals surface area contributed by atoms with Gasteiger partial charge in [0.05, 0.1) is 4.60 Å². The van der Waals surface area contributed by atoms with Crippen LogP contribution >= 0.6 is 15.9 Å². The summed E-state index contributed by atoms with van der Waals surface area (Å²) in [6.45, 7) is 0. The van der Waals surface area contributed by atoms with Gasteiger partial charge >= 0.3 is 0 Å². The third-order valence-corrected chi connectivity index (χ3v) is 3.57. The molecule has 0 N–H and O–H groups in total. The molecule has 0 saturated carbocycles. The van der Waals surface area contributed by atoms with E-state index in [0.717, 1.165) is 15.9 Å². The van der Waals surface area contributed by atoms with E-state index >= 15 is 0 Å². The van der Waals surface area contributed by atoms with E-state index in [1.54, 1.807) is 29.1 Å². The first-order valence-corrected chi connectivity index (χ1v) is 6.98. The lowest BCUT2D eigenvalue weighted by Gasteiger charge is -1.93. The fourth-order valence-corrected chi connectivity index (χ4v) is 2.40. The fraction of sp³-hybridized carbons (Fsp3) is 0. The van der Waals surface area contributed by atoms with Gasteiger partial charge in [-0.3, -0.25) is 8.80 Å². The molecule has 0 saturated heterocycles. The maximum Gasteiger partial charge on any atom is 0.137 e. The highest BCUT2D eigenvalue weighted by Crippen LogP contribution is 2.11. The SMILES string of the molecule is Brc1cccc2nccn12.N#Cc1cccc2nccn12. The van der Waals surface area contributed by atoms with Gasteiger partial charge < -0.3 is 0 Å². The molecule has 0 atom stereocenters. The maximum atomic E-state index is 8.66. The largest absolute Gasteiger partial charge is 0.294 e. The van der Waals surface area contributed by atoms with E-state index < -0.39 is 0 Å². The van der Waals surface area contributed by atoms with E-state index in [2.05, 4.69) is 32.0 Å². The highest BCUT2D eigenvalue weighted by atomic mass is 79.9. The van der Waals surface area contributed by atoms with Crippen LogP contribution in [-0.4, -0.2) is 18.8 Å². The number of hydrogen-bond donors (Lipinski definition) is 0. The van der Waals surface area contributed by atoms with E-state index in [0.29, 0.717) is 5.69 Å². The summed E-state index contributed by atoms with van der Waals surface area (Å²) < 4.78 is 4.75. The molecular weight excluding hydrogens is 330 g/mol. The number of fused-ring (bicyclic) bond motifs is 2. The second-order valence-corrected chi connectivity index (χ2v) is 4.99. The normalized spacial score (nSPS) is 10.1. The molecule has 0 aliphatic heterocycles. The van der Waals surface area contributed by atoms with Gasteiger partial charge in [-0.25, -0.2) is 9.97 Å². The monoisotopic (exact) mass is 339 g/mol. The summed E-state index contributed by atoms with van der Waals surface area (Å²) in [7, 11) is 0. The van der Waals surface area contributed by atoms with E-state index in [1.165, 1.54) is 0 Å². The number of rotatable bonds is 0. The highest BCUT2D eigenvalue weighted by Gasteiger charge is 1.96. The maximum absolute atomic E-state index is 8.66. The fourth-order valence-electron chi connectivity index (χ4n) is 1.95. The van der Waals surface area contributed by atoms with Gasteiger partial charge in [0, 0.05) is 24.8 Å². The van der Waals surface area contributed by atoms with E-state index in [4.69, 9.17) is 5.26 Å². The molecule has 0 aliphatic rings. The molecule has 0 spiro atoms. The Labute approximate surface area is 129 Å². The molecule has 0 amide bonds. The number of nitriles is 1. The van der Waals surface area contributed by atoms with Crippen molar-refractivity contribution < 1.29 is 0 Å². The lowest BCUT2D eigenvalue weighted by molar-refractivity contribution is 1.14. The summed E-state index contributed by atoms with van der Waals surface area (Å²) in [4.78, 5) is 8.15. The molecule has 4 rings (SSSR count). The van der Waals surface area contributed by atoms with Crippen molar-refractivity contribution >= 4 is 27.2 Å². The van der Waals surface area contributed by atoms with Crippen LogP contribution in [0.25, 0.3) is 11.3 Å². The number of aromatic nitrogens is 4. The van der Waals surface area contributed by atoms with Crippen LogP contribution in [0.15, 0.2) is 65.8 Å². The summed E-state index contributed by atoms with van der Waals surface area (Å²) in [5.41, 5.74) is 2.39. The van der Waals surface area contributed by atoms with Crippen LogP contribution < -0.4 is 0 Å². The van der Waals surface area contributed by atoms with Crippen LogP contribution in [0.2, 0.25) is 0 Å². The first kappa shape index (κ1) is 13.3. The van der Waals surface area contributed by atoms with Gasteiger partial charge in [0.1, 0.15) is 23.1 Å². The quantitative estimate of drug-likeness (QED) is 0.462. The number of hydrogen-bond acceptors (Lipinski definition) is 3. The Morgan fingerprint density at radius 3 is 2.19 bits per heavy atom. The Morgan fingerprint density at radius 2 is 1.52 bits per heavy atom. The molecule has 6 heteroatoms. The van der Waals surface area contributed by atoms with Gasteiger partial charge in [0.2, 0.25) is 0 Å². The Morgan fingerprint density at radius 1 is 0.905 bits per heavy atom. The van der Waals surface area contributed by atoms with Crippen LogP contribution in [-0.2, 0) is 0 Å². The first-order chi connectivity index (χ1) is 10.3. The summed E-state index contributed by atoms with van der Waals surface area (Å²) in [5.74, 6) is 0. The first-order valence-electron chi connectivity index (χ1n) is 6.19. The van der Waals surface area contributed by atoms with Gasteiger partial charge in [0.15, 0.2) is 0 Å². The molecule has 0 unspecified atom stereocenters. The zero-order valence-corrected chi connectivity index (χ0v) is 12.5. The number of nitrogens with zero attached hydrogens (tertiary/aromatic N) is 5. The Kier molecular flexibility index (Phi) is 3.67. The third kappa shape index (κ3) is 2.64. The zero-order chi connectivity index (χ0) is 14.7. The minimum atomic E-state index is 0.611. The summed E-state index contributed by atoms with van der Waals surface area (Å²) in [5, 5.41) is 8.66. The van der Waals surface area contributed by atoms with Crippen LogP contribution in [0.3, 0.4) is 0 Å². The second-order valence-electron chi connectivity index (χ2n) is 4.18. The summed E-state index contributed by atoms with van der Waals surface area (Å²) in [6.07, 6.45) is 7.14.